The standard InChI is InChI=1S/C17H15NO2/c1-20-15-9-6-13(7-10-15)12-18-16-5-3-2-4-14(16)8-11-17(18)19/h2-11H,12H2,1H3. The lowest BCUT2D eigenvalue weighted by molar-refractivity contribution is 0.414. The summed E-state index contributed by atoms with van der Waals surface area (Å²) in [5.41, 5.74) is 2.04. The lowest BCUT2D eigenvalue weighted by Crippen LogP contribution is -2.19. The third-order valence-corrected chi connectivity index (χ3v) is 3.40. The quantitative estimate of drug-likeness (QED) is 0.728. The lowest BCUT2D eigenvalue weighted by atomic mass is 10.2. The van der Waals surface area contributed by atoms with Gasteiger partial charge in [0.25, 0.3) is 5.56 Å². The molecule has 0 fully saturated rings. The van der Waals surface area contributed by atoms with Gasteiger partial charge in [0.1, 0.15) is 5.75 Å². The fourth-order valence-corrected chi connectivity index (χ4v) is 2.32. The molecule has 3 heteroatoms. The summed E-state index contributed by atoms with van der Waals surface area (Å²) in [6, 6.07) is 19.2. The van der Waals surface area contributed by atoms with E-state index in [4.69, 9.17) is 4.74 Å². The highest BCUT2D eigenvalue weighted by Gasteiger charge is 2.03. The summed E-state index contributed by atoms with van der Waals surface area (Å²) < 4.78 is 6.93. The normalized spacial score (nSPS) is 10.7. The minimum atomic E-state index is 0.0134. The van der Waals surface area contributed by atoms with Crippen LogP contribution in [0.5, 0.6) is 5.75 Å². The van der Waals surface area contributed by atoms with Gasteiger partial charge in [0.2, 0.25) is 0 Å². The van der Waals surface area contributed by atoms with Gasteiger partial charge in [-0.15, -0.1) is 0 Å². The van der Waals surface area contributed by atoms with Crippen molar-refractivity contribution in [3.05, 3.63) is 76.6 Å². The predicted molar refractivity (Wildman–Crippen MR) is 80.3 cm³/mol. The van der Waals surface area contributed by atoms with Crippen LogP contribution in [0.1, 0.15) is 5.56 Å². The Balaban J connectivity index is 2.05. The zero-order valence-electron chi connectivity index (χ0n) is 11.2. The van der Waals surface area contributed by atoms with Gasteiger partial charge in [0, 0.05) is 6.07 Å². The SMILES string of the molecule is COc1ccc(Cn2c(=O)ccc3ccccc32)cc1. The van der Waals surface area contributed by atoms with Gasteiger partial charge >= 0.3 is 0 Å². The molecule has 3 rings (SSSR count). The Kier molecular flexibility index (Phi) is 3.25. The first-order chi connectivity index (χ1) is 9.78. The smallest absolute Gasteiger partial charge is 0.251 e. The molecule has 1 heterocycles. The summed E-state index contributed by atoms with van der Waals surface area (Å²) in [6.45, 7) is 0.560. The first-order valence-corrected chi connectivity index (χ1v) is 6.49. The van der Waals surface area contributed by atoms with Crippen molar-refractivity contribution < 1.29 is 4.74 Å². The molecule has 1 aromatic heterocycles. The van der Waals surface area contributed by atoms with Crippen molar-refractivity contribution in [3.63, 3.8) is 0 Å². The van der Waals surface area contributed by atoms with E-state index in [0.29, 0.717) is 6.54 Å². The first-order valence-electron chi connectivity index (χ1n) is 6.49. The van der Waals surface area contributed by atoms with Crippen LogP contribution in [0.4, 0.5) is 0 Å². The van der Waals surface area contributed by atoms with E-state index in [1.807, 2.05) is 54.6 Å². The van der Waals surface area contributed by atoms with Crippen LogP contribution in [-0.4, -0.2) is 11.7 Å². The molecule has 3 nitrogen and oxygen atoms in total. The van der Waals surface area contributed by atoms with E-state index in [-0.39, 0.29) is 5.56 Å². The molecule has 0 aliphatic heterocycles. The summed E-state index contributed by atoms with van der Waals surface area (Å²) in [4.78, 5) is 12.1. The van der Waals surface area contributed by atoms with Crippen LogP contribution in [0, 0.1) is 0 Å². The highest BCUT2D eigenvalue weighted by atomic mass is 16.5. The zero-order valence-corrected chi connectivity index (χ0v) is 11.2. The molecule has 0 radical (unpaired) electrons. The predicted octanol–water partition coefficient (Wildman–Crippen LogP) is 3.06. The third-order valence-electron chi connectivity index (χ3n) is 3.40. The van der Waals surface area contributed by atoms with Crippen LogP contribution in [0.15, 0.2) is 65.5 Å². The van der Waals surface area contributed by atoms with Gasteiger partial charge in [-0.25, -0.2) is 0 Å². The maximum Gasteiger partial charge on any atom is 0.251 e. The number of benzene rings is 2. The van der Waals surface area contributed by atoms with Crippen LogP contribution < -0.4 is 10.3 Å². The van der Waals surface area contributed by atoms with Crippen LogP contribution in [0.25, 0.3) is 10.9 Å². The maximum absolute atomic E-state index is 12.1. The summed E-state index contributed by atoms with van der Waals surface area (Å²) in [5.74, 6) is 0.819. The van der Waals surface area contributed by atoms with E-state index in [1.54, 1.807) is 17.7 Å². The lowest BCUT2D eigenvalue weighted by Gasteiger charge is -2.10. The van der Waals surface area contributed by atoms with Gasteiger partial charge in [-0.3, -0.25) is 4.79 Å². The number of methoxy groups -OCH3 is 1. The second-order valence-corrected chi connectivity index (χ2v) is 4.66. The first kappa shape index (κ1) is 12.5. The summed E-state index contributed by atoms with van der Waals surface area (Å²) >= 11 is 0. The van der Waals surface area contributed by atoms with E-state index < -0.39 is 0 Å². The van der Waals surface area contributed by atoms with Crippen molar-refractivity contribution in [2.24, 2.45) is 0 Å². The topological polar surface area (TPSA) is 31.2 Å². The van der Waals surface area contributed by atoms with Crippen molar-refractivity contribution in [2.45, 2.75) is 6.54 Å². The van der Waals surface area contributed by atoms with Crippen LogP contribution in [-0.2, 0) is 6.54 Å². The number of para-hydroxylation sites is 1. The van der Waals surface area contributed by atoms with Gasteiger partial charge < -0.3 is 9.30 Å². The van der Waals surface area contributed by atoms with E-state index in [9.17, 15) is 4.79 Å². The second kappa shape index (κ2) is 5.21. The van der Waals surface area contributed by atoms with Crippen molar-refractivity contribution in [1.82, 2.24) is 4.57 Å². The molecule has 0 saturated heterocycles. The van der Waals surface area contributed by atoms with Crippen LogP contribution >= 0.6 is 0 Å². The molecule has 0 N–H and O–H groups in total. The molecule has 0 aliphatic carbocycles. The van der Waals surface area contributed by atoms with Crippen molar-refractivity contribution >= 4 is 10.9 Å². The number of pyridine rings is 1. The minimum absolute atomic E-state index is 0.0134. The average molecular weight is 265 g/mol. The molecule has 0 unspecified atom stereocenters. The third kappa shape index (κ3) is 2.30. The highest BCUT2D eigenvalue weighted by Crippen LogP contribution is 2.15. The minimum Gasteiger partial charge on any atom is -0.497 e. The van der Waals surface area contributed by atoms with Crippen LogP contribution in [0.3, 0.4) is 0 Å². The number of hydrogen-bond acceptors (Lipinski definition) is 2. The number of nitrogens with zero attached hydrogens (tertiary/aromatic N) is 1. The van der Waals surface area contributed by atoms with Gasteiger partial charge in [-0.05, 0) is 35.2 Å². The summed E-state index contributed by atoms with van der Waals surface area (Å²) in [5, 5.41) is 1.07. The van der Waals surface area contributed by atoms with E-state index in [0.717, 1.165) is 22.2 Å². The average Bonchev–Trinajstić information content (AvgIpc) is 2.51. The Morgan fingerprint density at radius 1 is 0.950 bits per heavy atom. The Morgan fingerprint density at radius 2 is 1.70 bits per heavy atom. The molecular weight excluding hydrogens is 250 g/mol. The second-order valence-electron chi connectivity index (χ2n) is 4.66. The number of fused-ring (bicyclic) bond motifs is 1. The Labute approximate surface area is 117 Å². The molecule has 0 aliphatic rings. The van der Waals surface area contributed by atoms with Crippen molar-refractivity contribution in [3.8, 4) is 5.75 Å². The fourth-order valence-electron chi connectivity index (χ4n) is 2.32. The molecule has 20 heavy (non-hydrogen) atoms. The Hall–Kier alpha value is -2.55. The number of hydrogen-bond donors (Lipinski definition) is 0. The number of rotatable bonds is 3. The molecular formula is C17H15NO2. The highest BCUT2D eigenvalue weighted by molar-refractivity contribution is 5.78. The Morgan fingerprint density at radius 3 is 2.45 bits per heavy atom. The van der Waals surface area contributed by atoms with E-state index in [1.165, 1.54) is 0 Å². The van der Waals surface area contributed by atoms with E-state index >= 15 is 0 Å². The summed E-state index contributed by atoms with van der Waals surface area (Å²) in [7, 11) is 1.64. The van der Waals surface area contributed by atoms with Crippen molar-refractivity contribution in [1.29, 1.82) is 0 Å². The van der Waals surface area contributed by atoms with Gasteiger partial charge in [0.05, 0.1) is 19.2 Å². The summed E-state index contributed by atoms with van der Waals surface area (Å²) in [6.07, 6.45) is 0. The monoisotopic (exact) mass is 265 g/mol. The number of aromatic nitrogens is 1. The van der Waals surface area contributed by atoms with Gasteiger partial charge in [-0.1, -0.05) is 30.3 Å². The van der Waals surface area contributed by atoms with Crippen molar-refractivity contribution in [2.75, 3.05) is 7.11 Å². The molecule has 0 saturated carbocycles. The molecule has 0 spiro atoms. The van der Waals surface area contributed by atoms with Gasteiger partial charge in [-0.2, -0.15) is 0 Å². The Bertz CT molecular complexity index is 788. The molecule has 0 atom stereocenters. The van der Waals surface area contributed by atoms with Crippen LogP contribution in [0.2, 0.25) is 0 Å². The van der Waals surface area contributed by atoms with E-state index in [2.05, 4.69) is 0 Å². The van der Waals surface area contributed by atoms with Gasteiger partial charge in [0.15, 0.2) is 0 Å². The molecule has 0 bridgehead atoms. The molecule has 100 valence electrons. The molecule has 3 aromatic rings. The molecule has 2 aromatic carbocycles. The fraction of sp³-hybridized carbons (Fsp3) is 0.118. The largest absolute Gasteiger partial charge is 0.497 e. The molecule has 0 amide bonds. The maximum atomic E-state index is 12.1. The zero-order chi connectivity index (χ0) is 13.9. The number of ether oxygens (including phenoxy) is 1.